The van der Waals surface area contributed by atoms with Crippen molar-refractivity contribution in [2.45, 2.75) is 13.3 Å². The summed E-state index contributed by atoms with van der Waals surface area (Å²) in [4.78, 5) is 10.6. The van der Waals surface area contributed by atoms with Crippen LogP contribution in [0, 0.1) is 0 Å². The maximum absolute atomic E-state index is 5.37. The van der Waals surface area contributed by atoms with Gasteiger partial charge >= 0.3 is 0 Å². The van der Waals surface area contributed by atoms with Gasteiger partial charge in [-0.15, -0.1) is 0 Å². The van der Waals surface area contributed by atoms with Crippen LogP contribution in [0.1, 0.15) is 23.6 Å². The molecule has 0 saturated carbocycles. The molecule has 2 aromatic heterocycles. The summed E-state index contributed by atoms with van der Waals surface area (Å²) in [5, 5.41) is 4.97. The zero-order valence-corrected chi connectivity index (χ0v) is 24.9. The van der Waals surface area contributed by atoms with E-state index in [0.717, 1.165) is 51.1 Å². The predicted octanol–water partition coefficient (Wildman–Crippen LogP) is 10.7. The lowest BCUT2D eigenvalue weighted by molar-refractivity contribution is 1.08. The molecule has 1 aliphatic rings. The van der Waals surface area contributed by atoms with E-state index >= 15 is 0 Å². The Balaban J connectivity index is 1.38. The summed E-state index contributed by atoms with van der Waals surface area (Å²) in [5.41, 5.74) is 12.5. The van der Waals surface area contributed by atoms with Gasteiger partial charge < -0.3 is 0 Å². The molecule has 3 heteroatoms. The Kier molecular flexibility index (Phi) is 5.79. The Morgan fingerprint density at radius 2 is 1.40 bits per heavy atom. The zero-order chi connectivity index (χ0) is 29.9. The topological polar surface area (TPSA) is 30.7 Å². The number of rotatable bonds is 4. The van der Waals surface area contributed by atoms with Crippen molar-refractivity contribution in [2.24, 2.45) is 0 Å². The second-order valence-corrected chi connectivity index (χ2v) is 11.8. The molecule has 45 heavy (non-hydrogen) atoms. The van der Waals surface area contributed by atoms with Gasteiger partial charge in [0, 0.05) is 16.3 Å². The molecule has 0 aliphatic heterocycles. The van der Waals surface area contributed by atoms with Crippen LogP contribution < -0.4 is 0 Å². The van der Waals surface area contributed by atoms with Crippen molar-refractivity contribution in [3.8, 4) is 28.2 Å². The van der Waals surface area contributed by atoms with Crippen LogP contribution >= 0.6 is 0 Å². The van der Waals surface area contributed by atoms with Crippen LogP contribution in [-0.2, 0) is 6.42 Å². The van der Waals surface area contributed by atoms with Crippen molar-refractivity contribution in [3.05, 3.63) is 156 Å². The average Bonchev–Trinajstić information content (AvgIpc) is 3.62. The lowest BCUT2D eigenvalue weighted by Crippen LogP contribution is -2.04. The first-order chi connectivity index (χ1) is 22.3. The van der Waals surface area contributed by atoms with Gasteiger partial charge in [-0.05, 0) is 82.3 Å². The maximum atomic E-state index is 5.37. The number of fused-ring (bicyclic) bond motifs is 9. The molecule has 1 aliphatic carbocycles. The van der Waals surface area contributed by atoms with Gasteiger partial charge in [0.15, 0.2) is 5.82 Å². The van der Waals surface area contributed by atoms with Crippen LogP contribution in [0.3, 0.4) is 0 Å². The third-order valence-corrected chi connectivity index (χ3v) is 9.11. The zero-order valence-electron chi connectivity index (χ0n) is 24.9. The van der Waals surface area contributed by atoms with Gasteiger partial charge in [-0.1, -0.05) is 115 Å². The quantitative estimate of drug-likeness (QED) is 0.195. The van der Waals surface area contributed by atoms with Gasteiger partial charge in [-0.2, -0.15) is 0 Å². The predicted molar refractivity (Wildman–Crippen MR) is 189 cm³/mol. The molecule has 3 nitrogen and oxygen atoms in total. The number of allylic oxidation sites excluding steroid dienone is 3. The van der Waals surface area contributed by atoms with E-state index in [1.165, 1.54) is 43.8 Å². The van der Waals surface area contributed by atoms with Crippen molar-refractivity contribution in [1.29, 1.82) is 0 Å². The van der Waals surface area contributed by atoms with E-state index in [9.17, 15) is 0 Å². The molecule has 0 saturated heterocycles. The van der Waals surface area contributed by atoms with Crippen LogP contribution in [0.15, 0.2) is 140 Å². The molecule has 6 aromatic carbocycles. The summed E-state index contributed by atoms with van der Waals surface area (Å²) in [6, 6.07) is 43.6. The van der Waals surface area contributed by atoms with Crippen LogP contribution in [-0.4, -0.2) is 14.5 Å². The van der Waals surface area contributed by atoms with Crippen molar-refractivity contribution in [3.63, 3.8) is 0 Å². The smallest absolute Gasteiger partial charge is 0.165 e. The third kappa shape index (κ3) is 4.05. The molecule has 0 fully saturated rings. The molecular weight excluding hydrogens is 546 g/mol. The van der Waals surface area contributed by atoms with Gasteiger partial charge in [0.25, 0.3) is 0 Å². The molecule has 8 aromatic rings. The standard InChI is InChI=1S/C42H29N3/c1-2-3-4-11-27-18-20-29(21-19-27)41-42(44-37-17-10-9-16-36(37)43-41)45-38-23-22-28-12-5-8-15-33(28)40(38)35-26-34-31(25-39(35)45)24-30-13-6-7-14-32(30)34/h2-23,25-26H,24H2,1H3/b3-2-,11-4-. The minimum absolute atomic E-state index is 0.844. The fraction of sp³-hybridized carbons (Fsp3) is 0.0476. The average molecular weight is 576 g/mol. The SMILES string of the molecule is C/C=C\C=C/c1ccc(-c2nc3ccccc3nc2-n2c3cc4c(cc3c3c5ccccc5ccc32)-c2ccccc2C4)cc1. The largest absolute Gasteiger partial charge is 0.292 e. The molecule has 0 radical (unpaired) electrons. The highest BCUT2D eigenvalue weighted by atomic mass is 15.1. The summed E-state index contributed by atoms with van der Waals surface area (Å²) in [6.07, 6.45) is 9.19. The van der Waals surface area contributed by atoms with Crippen LogP contribution in [0.25, 0.3) is 77.9 Å². The molecule has 0 amide bonds. The summed E-state index contributed by atoms with van der Waals surface area (Å²) < 4.78 is 2.36. The van der Waals surface area contributed by atoms with Crippen molar-refractivity contribution < 1.29 is 0 Å². The fourth-order valence-electron chi connectivity index (χ4n) is 7.01. The summed E-state index contributed by atoms with van der Waals surface area (Å²) in [6.45, 7) is 2.03. The fourth-order valence-corrected chi connectivity index (χ4v) is 7.01. The molecule has 0 N–H and O–H groups in total. The van der Waals surface area contributed by atoms with E-state index in [4.69, 9.17) is 9.97 Å². The number of hydrogen-bond acceptors (Lipinski definition) is 2. The minimum atomic E-state index is 0.844. The van der Waals surface area contributed by atoms with E-state index in [1.807, 2.05) is 37.3 Å². The Bertz CT molecular complexity index is 2510. The number of para-hydroxylation sites is 2. The number of aromatic nitrogens is 3. The molecule has 0 bridgehead atoms. The van der Waals surface area contributed by atoms with Crippen molar-refractivity contribution >= 4 is 49.7 Å². The molecule has 0 atom stereocenters. The van der Waals surface area contributed by atoms with Gasteiger partial charge in [-0.3, -0.25) is 4.57 Å². The highest BCUT2D eigenvalue weighted by molar-refractivity contribution is 6.22. The second-order valence-electron chi connectivity index (χ2n) is 11.8. The first kappa shape index (κ1) is 25.7. The highest BCUT2D eigenvalue weighted by Gasteiger charge is 2.25. The van der Waals surface area contributed by atoms with E-state index in [1.54, 1.807) is 0 Å². The molecule has 9 rings (SSSR count). The van der Waals surface area contributed by atoms with Crippen LogP contribution in [0.4, 0.5) is 0 Å². The monoisotopic (exact) mass is 575 g/mol. The van der Waals surface area contributed by atoms with Crippen LogP contribution in [0.2, 0.25) is 0 Å². The van der Waals surface area contributed by atoms with Gasteiger partial charge in [-0.25, -0.2) is 9.97 Å². The molecule has 2 heterocycles. The second kappa shape index (κ2) is 10.1. The first-order valence-electron chi connectivity index (χ1n) is 15.5. The Hall–Kier alpha value is -5.80. The number of nitrogens with zero attached hydrogens (tertiary/aromatic N) is 3. The van der Waals surface area contributed by atoms with Crippen molar-refractivity contribution in [2.75, 3.05) is 0 Å². The summed E-state index contributed by atoms with van der Waals surface area (Å²) in [7, 11) is 0. The summed E-state index contributed by atoms with van der Waals surface area (Å²) >= 11 is 0. The lowest BCUT2D eigenvalue weighted by Gasteiger charge is -2.14. The van der Waals surface area contributed by atoms with E-state index < -0.39 is 0 Å². The van der Waals surface area contributed by atoms with Gasteiger partial charge in [0.05, 0.1) is 22.1 Å². The Labute approximate surface area is 261 Å². The van der Waals surface area contributed by atoms with E-state index in [-0.39, 0.29) is 0 Å². The molecule has 0 spiro atoms. The summed E-state index contributed by atoms with van der Waals surface area (Å²) in [5.74, 6) is 0.844. The van der Waals surface area contributed by atoms with E-state index in [0.29, 0.717) is 0 Å². The van der Waals surface area contributed by atoms with Gasteiger partial charge in [0.1, 0.15) is 5.69 Å². The van der Waals surface area contributed by atoms with Crippen LogP contribution in [0.5, 0.6) is 0 Å². The molecule has 0 unspecified atom stereocenters. The van der Waals surface area contributed by atoms with E-state index in [2.05, 4.69) is 120 Å². The van der Waals surface area contributed by atoms with Crippen molar-refractivity contribution in [1.82, 2.24) is 14.5 Å². The highest BCUT2D eigenvalue weighted by Crippen LogP contribution is 2.44. The maximum Gasteiger partial charge on any atom is 0.165 e. The Morgan fingerprint density at radius 1 is 0.622 bits per heavy atom. The van der Waals surface area contributed by atoms with Gasteiger partial charge in [0.2, 0.25) is 0 Å². The Morgan fingerprint density at radius 3 is 2.27 bits per heavy atom. The minimum Gasteiger partial charge on any atom is -0.292 e. The third-order valence-electron chi connectivity index (χ3n) is 9.11. The normalized spacial score (nSPS) is 12.7. The molecular formula is C42H29N3. The lowest BCUT2D eigenvalue weighted by atomic mass is 10.00. The number of hydrogen-bond donors (Lipinski definition) is 0. The number of benzene rings is 6. The molecule has 212 valence electrons. The first-order valence-corrected chi connectivity index (χ1v) is 15.5.